The van der Waals surface area contributed by atoms with E-state index in [9.17, 15) is 26.4 Å². The van der Waals surface area contributed by atoms with Crippen molar-refractivity contribution in [2.24, 2.45) is 5.92 Å². The van der Waals surface area contributed by atoms with Gasteiger partial charge in [0.1, 0.15) is 11.1 Å². The molecular formula is C20H22F3N3O3S. The molecule has 2 aromatic carbocycles. The summed E-state index contributed by atoms with van der Waals surface area (Å²) in [4.78, 5) is 11.9. The van der Waals surface area contributed by atoms with Crippen LogP contribution >= 0.6 is 0 Å². The number of sulfonamides is 1. The Balaban J connectivity index is 1.80. The molecule has 1 amide bonds. The highest BCUT2D eigenvalue weighted by Gasteiger charge is 2.35. The van der Waals surface area contributed by atoms with Crippen LogP contribution in [0.2, 0.25) is 0 Å². The molecule has 0 bridgehead atoms. The Bertz CT molecular complexity index is 1040. The van der Waals surface area contributed by atoms with Gasteiger partial charge in [0.05, 0.1) is 11.3 Å². The van der Waals surface area contributed by atoms with E-state index in [2.05, 4.69) is 29.2 Å². The normalized spacial score (nSPS) is 17.9. The van der Waals surface area contributed by atoms with Crippen molar-refractivity contribution in [2.75, 3.05) is 11.9 Å². The summed E-state index contributed by atoms with van der Waals surface area (Å²) in [7, 11) is -4.01. The first-order chi connectivity index (χ1) is 14.0. The summed E-state index contributed by atoms with van der Waals surface area (Å²) < 4.78 is 66.3. The van der Waals surface area contributed by atoms with Gasteiger partial charge in [0.25, 0.3) is 5.91 Å². The summed E-state index contributed by atoms with van der Waals surface area (Å²) in [5.41, 5.74) is -0.219. The van der Waals surface area contributed by atoms with Crippen LogP contribution in [0.25, 0.3) is 0 Å². The van der Waals surface area contributed by atoms with Crippen molar-refractivity contribution in [3.8, 4) is 0 Å². The Morgan fingerprint density at radius 3 is 2.40 bits per heavy atom. The van der Waals surface area contributed by atoms with E-state index >= 15 is 0 Å². The first-order valence-corrected chi connectivity index (χ1v) is 10.8. The average Bonchev–Trinajstić information content (AvgIpc) is 2.66. The smallest absolute Gasteiger partial charge is 0.364 e. The summed E-state index contributed by atoms with van der Waals surface area (Å²) in [6.07, 6.45) is -4.72. The average molecular weight is 441 g/mol. The number of carbonyl (C=O) groups is 1. The fourth-order valence-electron chi connectivity index (χ4n) is 3.01. The number of fused-ring (bicyclic) bond motifs is 1. The predicted octanol–water partition coefficient (Wildman–Crippen LogP) is 3.88. The minimum Gasteiger partial charge on any atom is -0.364 e. The Morgan fingerprint density at radius 2 is 1.80 bits per heavy atom. The number of carbonyl (C=O) groups excluding carboxylic acids is 1. The van der Waals surface area contributed by atoms with Crippen molar-refractivity contribution in [1.29, 1.82) is 0 Å². The van der Waals surface area contributed by atoms with Gasteiger partial charge in [0.2, 0.25) is 10.0 Å². The predicted molar refractivity (Wildman–Crippen MR) is 106 cm³/mol. The molecule has 0 saturated carbocycles. The third-order valence-electron chi connectivity index (χ3n) is 4.68. The van der Waals surface area contributed by atoms with E-state index < -0.39 is 27.9 Å². The SMILES string of the molecule is CC(C)CCNC(=O)c1ccc(C2Nc3cc(C(F)(F)F)ccc3S(=O)(=O)N2)cc1. The van der Waals surface area contributed by atoms with Crippen LogP contribution in [0, 0.1) is 5.92 Å². The zero-order chi connectivity index (χ0) is 22.1. The van der Waals surface area contributed by atoms with E-state index in [1.165, 1.54) is 12.1 Å². The monoisotopic (exact) mass is 441 g/mol. The highest BCUT2D eigenvalue weighted by atomic mass is 32.2. The van der Waals surface area contributed by atoms with Gasteiger partial charge in [-0.25, -0.2) is 8.42 Å². The van der Waals surface area contributed by atoms with Crippen molar-refractivity contribution < 1.29 is 26.4 Å². The molecule has 0 aromatic heterocycles. The lowest BCUT2D eigenvalue weighted by molar-refractivity contribution is -0.137. The first-order valence-electron chi connectivity index (χ1n) is 9.35. The van der Waals surface area contributed by atoms with E-state index in [0.29, 0.717) is 23.6 Å². The minimum absolute atomic E-state index is 0.135. The lowest BCUT2D eigenvalue weighted by atomic mass is 10.1. The van der Waals surface area contributed by atoms with Crippen LogP contribution in [0.1, 0.15) is 47.9 Å². The van der Waals surface area contributed by atoms with E-state index in [-0.39, 0.29) is 16.5 Å². The highest BCUT2D eigenvalue weighted by Crippen LogP contribution is 2.37. The summed E-state index contributed by atoms with van der Waals surface area (Å²) in [6, 6.07) is 8.61. The van der Waals surface area contributed by atoms with Gasteiger partial charge in [-0.3, -0.25) is 4.79 Å². The molecule has 1 unspecified atom stereocenters. The minimum atomic E-state index is -4.59. The highest BCUT2D eigenvalue weighted by molar-refractivity contribution is 7.89. The number of amides is 1. The third kappa shape index (κ3) is 4.93. The number of alkyl halides is 3. The van der Waals surface area contributed by atoms with E-state index in [0.717, 1.165) is 24.6 Å². The quantitative estimate of drug-likeness (QED) is 0.657. The molecule has 0 radical (unpaired) electrons. The molecule has 2 aromatic rings. The van der Waals surface area contributed by atoms with Gasteiger partial charge in [-0.1, -0.05) is 26.0 Å². The van der Waals surface area contributed by atoms with E-state index in [1.807, 2.05) is 0 Å². The van der Waals surface area contributed by atoms with Crippen LogP contribution < -0.4 is 15.4 Å². The second-order valence-electron chi connectivity index (χ2n) is 7.47. The zero-order valence-electron chi connectivity index (χ0n) is 16.4. The van der Waals surface area contributed by atoms with Crippen molar-refractivity contribution in [3.63, 3.8) is 0 Å². The van der Waals surface area contributed by atoms with Crippen LogP contribution in [0.4, 0.5) is 18.9 Å². The molecule has 6 nitrogen and oxygen atoms in total. The van der Waals surface area contributed by atoms with Gasteiger partial charge < -0.3 is 10.6 Å². The number of halogens is 3. The zero-order valence-corrected chi connectivity index (χ0v) is 17.2. The Morgan fingerprint density at radius 1 is 1.13 bits per heavy atom. The van der Waals surface area contributed by atoms with E-state index in [4.69, 9.17) is 0 Å². The van der Waals surface area contributed by atoms with Gasteiger partial charge in [0, 0.05) is 12.1 Å². The number of hydrogen-bond donors (Lipinski definition) is 3. The molecule has 1 atom stereocenters. The lowest BCUT2D eigenvalue weighted by Crippen LogP contribution is -2.38. The molecule has 162 valence electrons. The Hall–Kier alpha value is -2.59. The van der Waals surface area contributed by atoms with Crippen molar-refractivity contribution in [3.05, 3.63) is 59.2 Å². The molecular weight excluding hydrogens is 419 g/mol. The largest absolute Gasteiger partial charge is 0.416 e. The van der Waals surface area contributed by atoms with Crippen LogP contribution in [0.5, 0.6) is 0 Å². The number of benzene rings is 2. The summed E-state index contributed by atoms with van der Waals surface area (Å²) in [6.45, 7) is 4.64. The molecule has 1 aliphatic rings. The second kappa shape index (κ2) is 8.27. The maximum atomic E-state index is 13.0. The standard InChI is InChI=1S/C20H22F3N3O3S/c1-12(2)9-10-24-19(27)14-5-3-13(4-6-14)18-25-16-11-15(20(21,22)23)7-8-17(16)30(28,29)26-18/h3-8,11-12,18,25-26H,9-10H2,1-2H3,(H,24,27). The first kappa shape index (κ1) is 22.1. The molecule has 0 fully saturated rings. The summed E-state index contributed by atoms with van der Waals surface area (Å²) in [5, 5.41) is 5.59. The fraction of sp³-hybridized carbons (Fsp3) is 0.350. The van der Waals surface area contributed by atoms with Crippen LogP contribution in [-0.2, 0) is 16.2 Å². The fourth-order valence-corrected chi connectivity index (χ4v) is 4.30. The summed E-state index contributed by atoms with van der Waals surface area (Å²) >= 11 is 0. The molecule has 0 spiro atoms. The number of nitrogens with one attached hydrogen (secondary N) is 3. The molecule has 1 aliphatic heterocycles. The number of rotatable bonds is 5. The van der Waals surface area contributed by atoms with Crippen LogP contribution in [-0.4, -0.2) is 20.9 Å². The maximum Gasteiger partial charge on any atom is 0.416 e. The lowest BCUT2D eigenvalue weighted by Gasteiger charge is -2.29. The van der Waals surface area contributed by atoms with Crippen LogP contribution in [0.3, 0.4) is 0 Å². The molecule has 3 rings (SSSR count). The number of hydrogen-bond acceptors (Lipinski definition) is 4. The molecule has 0 saturated heterocycles. The molecule has 10 heteroatoms. The van der Waals surface area contributed by atoms with Crippen LogP contribution in [0.15, 0.2) is 47.4 Å². The maximum absolute atomic E-state index is 13.0. The van der Waals surface area contributed by atoms with E-state index in [1.54, 1.807) is 12.1 Å². The van der Waals surface area contributed by atoms with Gasteiger partial charge in [0.15, 0.2) is 0 Å². The van der Waals surface area contributed by atoms with Gasteiger partial charge in [-0.2, -0.15) is 17.9 Å². The Labute approximate surface area is 172 Å². The topological polar surface area (TPSA) is 87.3 Å². The van der Waals surface area contributed by atoms with Crippen molar-refractivity contribution in [2.45, 2.75) is 37.5 Å². The molecule has 0 aliphatic carbocycles. The van der Waals surface area contributed by atoms with Gasteiger partial charge in [-0.15, -0.1) is 0 Å². The summed E-state index contributed by atoms with van der Waals surface area (Å²) in [5.74, 6) is 0.207. The third-order valence-corrected chi connectivity index (χ3v) is 6.16. The second-order valence-corrected chi connectivity index (χ2v) is 9.15. The Kier molecular flexibility index (Phi) is 6.09. The molecule has 30 heavy (non-hydrogen) atoms. The van der Waals surface area contributed by atoms with Crippen molar-refractivity contribution >= 4 is 21.6 Å². The van der Waals surface area contributed by atoms with Crippen molar-refractivity contribution in [1.82, 2.24) is 10.0 Å². The molecule has 1 heterocycles. The van der Waals surface area contributed by atoms with Gasteiger partial charge >= 0.3 is 6.18 Å². The number of anilines is 1. The van der Waals surface area contributed by atoms with Gasteiger partial charge in [-0.05, 0) is 48.2 Å². The molecule has 3 N–H and O–H groups in total.